The van der Waals surface area contributed by atoms with Gasteiger partial charge in [0.25, 0.3) is 0 Å². The number of nitrogens with zero attached hydrogens (tertiary/aromatic N) is 1. The van der Waals surface area contributed by atoms with E-state index in [4.69, 9.17) is 4.74 Å². The Balaban J connectivity index is 2.32. The number of fused-ring (bicyclic) bond motifs is 1. The van der Waals surface area contributed by atoms with Gasteiger partial charge in [-0.05, 0) is 25.5 Å². The van der Waals surface area contributed by atoms with Crippen LogP contribution >= 0.6 is 0 Å². The SMILES string of the molecule is COC[C@H](O)CNc1c(C)c(C)nc2ccccc12. The number of benzene rings is 1. The van der Waals surface area contributed by atoms with E-state index in [-0.39, 0.29) is 0 Å². The Morgan fingerprint density at radius 1 is 1.32 bits per heavy atom. The molecular formula is C15H20N2O2. The number of aliphatic hydroxyl groups excluding tert-OH is 1. The smallest absolute Gasteiger partial charge is 0.0945 e. The fraction of sp³-hybridized carbons (Fsp3) is 0.400. The van der Waals surface area contributed by atoms with Crippen molar-refractivity contribution < 1.29 is 9.84 Å². The molecule has 0 fully saturated rings. The Morgan fingerprint density at radius 2 is 2.05 bits per heavy atom. The van der Waals surface area contributed by atoms with Crippen LogP contribution in [0.15, 0.2) is 24.3 Å². The summed E-state index contributed by atoms with van der Waals surface area (Å²) in [6.07, 6.45) is -0.517. The maximum atomic E-state index is 9.74. The molecule has 1 atom stereocenters. The van der Waals surface area contributed by atoms with Crippen molar-refractivity contribution in [1.29, 1.82) is 0 Å². The van der Waals surface area contributed by atoms with Gasteiger partial charge in [-0.25, -0.2) is 0 Å². The average Bonchev–Trinajstić information content (AvgIpc) is 2.39. The number of aliphatic hydroxyl groups is 1. The largest absolute Gasteiger partial charge is 0.389 e. The molecule has 0 amide bonds. The topological polar surface area (TPSA) is 54.4 Å². The van der Waals surface area contributed by atoms with Crippen LogP contribution in [-0.2, 0) is 4.74 Å². The van der Waals surface area contributed by atoms with Crippen molar-refractivity contribution in [3.05, 3.63) is 35.5 Å². The summed E-state index contributed by atoms with van der Waals surface area (Å²) >= 11 is 0. The number of aromatic nitrogens is 1. The summed E-state index contributed by atoms with van der Waals surface area (Å²) in [5, 5.41) is 14.1. The molecule has 19 heavy (non-hydrogen) atoms. The molecular weight excluding hydrogens is 240 g/mol. The summed E-state index contributed by atoms with van der Waals surface area (Å²) in [6.45, 7) is 4.83. The molecule has 0 aliphatic rings. The number of nitrogens with one attached hydrogen (secondary N) is 1. The van der Waals surface area contributed by atoms with Gasteiger partial charge >= 0.3 is 0 Å². The molecule has 2 rings (SSSR count). The predicted octanol–water partition coefficient (Wildman–Crippen LogP) is 2.27. The van der Waals surface area contributed by atoms with Crippen molar-refractivity contribution >= 4 is 16.6 Å². The molecule has 0 aliphatic carbocycles. The zero-order chi connectivity index (χ0) is 13.8. The molecule has 1 heterocycles. The second-order valence-corrected chi connectivity index (χ2v) is 4.70. The summed E-state index contributed by atoms with van der Waals surface area (Å²) < 4.78 is 4.93. The number of ether oxygens (including phenoxy) is 1. The van der Waals surface area contributed by atoms with Crippen LogP contribution in [0.3, 0.4) is 0 Å². The van der Waals surface area contributed by atoms with E-state index in [9.17, 15) is 5.11 Å². The van der Waals surface area contributed by atoms with Gasteiger partial charge in [-0.1, -0.05) is 18.2 Å². The molecule has 0 radical (unpaired) electrons. The highest BCUT2D eigenvalue weighted by Crippen LogP contribution is 2.27. The van der Waals surface area contributed by atoms with Gasteiger partial charge < -0.3 is 15.2 Å². The Labute approximate surface area is 113 Å². The summed E-state index contributed by atoms with van der Waals surface area (Å²) in [7, 11) is 1.58. The van der Waals surface area contributed by atoms with Gasteiger partial charge in [0.05, 0.1) is 18.2 Å². The minimum atomic E-state index is -0.517. The third kappa shape index (κ3) is 3.03. The van der Waals surface area contributed by atoms with E-state index in [1.807, 2.05) is 38.1 Å². The number of para-hydroxylation sites is 1. The molecule has 2 N–H and O–H groups in total. The number of hydrogen-bond donors (Lipinski definition) is 2. The Morgan fingerprint density at radius 3 is 2.79 bits per heavy atom. The van der Waals surface area contributed by atoms with E-state index >= 15 is 0 Å². The van der Waals surface area contributed by atoms with Gasteiger partial charge in [-0.2, -0.15) is 0 Å². The van der Waals surface area contributed by atoms with Crippen molar-refractivity contribution in [2.75, 3.05) is 25.6 Å². The van der Waals surface area contributed by atoms with Gasteiger partial charge in [-0.15, -0.1) is 0 Å². The molecule has 1 aromatic carbocycles. The monoisotopic (exact) mass is 260 g/mol. The Bertz CT molecular complexity index is 569. The van der Waals surface area contributed by atoms with Crippen LogP contribution in [0.25, 0.3) is 10.9 Å². The van der Waals surface area contributed by atoms with Gasteiger partial charge in [0.1, 0.15) is 0 Å². The lowest BCUT2D eigenvalue weighted by Crippen LogP contribution is -2.24. The third-order valence-corrected chi connectivity index (χ3v) is 3.25. The maximum absolute atomic E-state index is 9.74. The van der Waals surface area contributed by atoms with E-state index in [1.165, 1.54) is 0 Å². The summed E-state index contributed by atoms with van der Waals surface area (Å²) in [5.41, 5.74) is 4.12. The lowest BCUT2D eigenvalue weighted by molar-refractivity contribution is 0.0728. The molecule has 0 bridgehead atoms. The fourth-order valence-electron chi connectivity index (χ4n) is 2.13. The minimum absolute atomic E-state index is 0.327. The maximum Gasteiger partial charge on any atom is 0.0945 e. The van der Waals surface area contributed by atoms with Gasteiger partial charge in [-0.3, -0.25) is 4.98 Å². The second-order valence-electron chi connectivity index (χ2n) is 4.70. The number of pyridine rings is 1. The number of aryl methyl sites for hydroxylation is 1. The molecule has 0 spiro atoms. The molecule has 0 saturated heterocycles. The van der Waals surface area contributed by atoms with Crippen LogP contribution in [0.2, 0.25) is 0 Å². The molecule has 102 valence electrons. The van der Waals surface area contributed by atoms with Crippen LogP contribution in [0.1, 0.15) is 11.3 Å². The van der Waals surface area contributed by atoms with E-state index in [1.54, 1.807) is 7.11 Å². The highest BCUT2D eigenvalue weighted by Gasteiger charge is 2.10. The van der Waals surface area contributed by atoms with E-state index < -0.39 is 6.10 Å². The second kappa shape index (κ2) is 5.99. The highest BCUT2D eigenvalue weighted by atomic mass is 16.5. The summed E-state index contributed by atoms with van der Waals surface area (Å²) in [5.74, 6) is 0. The first-order chi connectivity index (χ1) is 9.13. The molecule has 0 saturated carbocycles. The average molecular weight is 260 g/mol. The molecule has 1 aromatic heterocycles. The quantitative estimate of drug-likeness (QED) is 0.866. The van der Waals surface area contributed by atoms with Crippen molar-refractivity contribution in [2.24, 2.45) is 0 Å². The van der Waals surface area contributed by atoms with Crippen LogP contribution in [-0.4, -0.2) is 36.5 Å². The van der Waals surface area contributed by atoms with Crippen molar-refractivity contribution in [2.45, 2.75) is 20.0 Å². The molecule has 4 heteroatoms. The lowest BCUT2D eigenvalue weighted by atomic mass is 10.1. The van der Waals surface area contributed by atoms with Crippen molar-refractivity contribution in [3.63, 3.8) is 0 Å². The van der Waals surface area contributed by atoms with Gasteiger partial charge in [0, 0.05) is 30.4 Å². The van der Waals surface area contributed by atoms with E-state index in [2.05, 4.69) is 10.3 Å². The zero-order valence-corrected chi connectivity index (χ0v) is 11.6. The van der Waals surface area contributed by atoms with E-state index in [0.29, 0.717) is 13.2 Å². The summed E-state index contributed by atoms with van der Waals surface area (Å²) in [6, 6.07) is 8.02. The van der Waals surface area contributed by atoms with Crippen molar-refractivity contribution in [3.8, 4) is 0 Å². The van der Waals surface area contributed by atoms with Gasteiger partial charge in [0.15, 0.2) is 0 Å². The molecule has 0 unspecified atom stereocenters. The third-order valence-electron chi connectivity index (χ3n) is 3.25. The molecule has 0 aliphatic heterocycles. The number of methoxy groups -OCH3 is 1. The lowest BCUT2D eigenvalue weighted by Gasteiger charge is -2.17. The highest BCUT2D eigenvalue weighted by molar-refractivity contribution is 5.93. The number of hydrogen-bond acceptors (Lipinski definition) is 4. The Kier molecular flexibility index (Phi) is 4.35. The van der Waals surface area contributed by atoms with Gasteiger partial charge in [0.2, 0.25) is 0 Å². The first-order valence-electron chi connectivity index (χ1n) is 6.40. The van der Waals surface area contributed by atoms with Crippen LogP contribution in [0.4, 0.5) is 5.69 Å². The van der Waals surface area contributed by atoms with Crippen LogP contribution < -0.4 is 5.32 Å². The molecule has 2 aromatic rings. The number of rotatable bonds is 5. The number of anilines is 1. The summed E-state index contributed by atoms with van der Waals surface area (Å²) in [4.78, 5) is 4.57. The normalized spacial score (nSPS) is 12.6. The van der Waals surface area contributed by atoms with E-state index in [0.717, 1.165) is 27.8 Å². The minimum Gasteiger partial charge on any atom is -0.389 e. The predicted molar refractivity (Wildman–Crippen MR) is 77.6 cm³/mol. The first-order valence-corrected chi connectivity index (χ1v) is 6.40. The standard InChI is InChI=1S/C15H20N2O2/c1-10-11(2)17-14-7-5-4-6-13(14)15(10)16-8-12(18)9-19-3/h4-7,12,18H,8-9H2,1-3H3,(H,16,17)/t12-/m1/s1. The fourth-order valence-corrected chi connectivity index (χ4v) is 2.13. The van der Waals surface area contributed by atoms with Crippen LogP contribution in [0, 0.1) is 13.8 Å². The Hall–Kier alpha value is -1.65. The molecule has 4 nitrogen and oxygen atoms in total. The first kappa shape index (κ1) is 13.8. The zero-order valence-electron chi connectivity index (χ0n) is 11.6. The van der Waals surface area contributed by atoms with Crippen LogP contribution in [0.5, 0.6) is 0 Å². The van der Waals surface area contributed by atoms with Crippen molar-refractivity contribution in [1.82, 2.24) is 4.98 Å².